The highest BCUT2D eigenvalue weighted by atomic mass is 16.3. The van der Waals surface area contributed by atoms with Crippen molar-refractivity contribution < 1.29 is 5.11 Å². The van der Waals surface area contributed by atoms with E-state index in [0.717, 1.165) is 16.8 Å². The molecule has 2 nitrogen and oxygen atoms in total. The molecule has 0 radical (unpaired) electrons. The van der Waals surface area contributed by atoms with Gasteiger partial charge in [0.15, 0.2) is 0 Å². The molecule has 0 aliphatic heterocycles. The van der Waals surface area contributed by atoms with Crippen LogP contribution in [0.5, 0.6) is 5.75 Å². The van der Waals surface area contributed by atoms with Crippen molar-refractivity contribution in [2.24, 2.45) is 0 Å². The van der Waals surface area contributed by atoms with Gasteiger partial charge in [0.2, 0.25) is 0 Å². The lowest BCUT2D eigenvalue weighted by Crippen LogP contribution is -1.83. The summed E-state index contributed by atoms with van der Waals surface area (Å²) < 4.78 is 0. The lowest BCUT2D eigenvalue weighted by Gasteiger charge is -2.00. The molecule has 0 atom stereocenters. The van der Waals surface area contributed by atoms with Crippen LogP contribution in [0.25, 0.3) is 11.3 Å². The zero-order valence-electron chi connectivity index (χ0n) is 7.94. The number of phenolic OH excluding ortho intramolecular Hbond substituents is 1. The third-order valence-corrected chi connectivity index (χ3v) is 2.07. The second-order valence-corrected chi connectivity index (χ2v) is 3.27. The molecule has 0 aliphatic carbocycles. The van der Waals surface area contributed by atoms with E-state index < -0.39 is 0 Å². The van der Waals surface area contributed by atoms with Crippen molar-refractivity contribution >= 4 is 0 Å². The van der Waals surface area contributed by atoms with Gasteiger partial charge in [0.05, 0.1) is 5.69 Å². The van der Waals surface area contributed by atoms with Gasteiger partial charge >= 0.3 is 0 Å². The molecule has 0 fully saturated rings. The summed E-state index contributed by atoms with van der Waals surface area (Å²) in [5.41, 5.74) is 3.09. The largest absolute Gasteiger partial charge is 0.508 e. The van der Waals surface area contributed by atoms with E-state index in [1.54, 1.807) is 12.1 Å². The maximum absolute atomic E-state index is 9.13. The van der Waals surface area contributed by atoms with Gasteiger partial charge in [-0.15, -0.1) is 0 Å². The van der Waals surface area contributed by atoms with E-state index in [4.69, 9.17) is 5.11 Å². The van der Waals surface area contributed by atoms with Crippen LogP contribution < -0.4 is 0 Å². The molecule has 0 unspecified atom stereocenters. The van der Waals surface area contributed by atoms with Crippen LogP contribution in [0.4, 0.5) is 0 Å². The SMILES string of the molecule is Cc1ccc(-c2ccc(O)cc2)nc1. The van der Waals surface area contributed by atoms with E-state index in [2.05, 4.69) is 4.98 Å². The van der Waals surface area contributed by atoms with E-state index in [0.29, 0.717) is 0 Å². The minimum Gasteiger partial charge on any atom is -0.508 e. The molecule has 2 aromatic rings. The van der Waals surface area contributed by atoms with Crippen LogP contribution in [0.3, 0.4) is 0 Å². The second-order valence-electron chi connectivity index (χ2n) is 3.27. The minimum absolute atomic E-state index is 0.279. The van der Waals surface area contributed by atoms with Gasteiger partial charge in [-0.1, -0.05) is 6.07 Å². The van der Waals surface area contributed by atoms with Crippen LogP contribution in [0, 0.1) is 6.92 Å². The molecule has 0 bridgehead atoms. The van der Waals surface area contributed by atoms with Gasteiger partial charge in [0.25, 0.3) is 0 Å². The molecule has 2 heteroatoms. The van der Waals surface area contributed by atoms with Gasteiger partial charge in [-0.2, -0.15) is 0 Å². The van der Waals surface area contributed by atoms with Gasteiger partial charge in [-0.05, 0) is 42.8 Å². The zero-order valence-corrected chi connectivity index (χ0v) is 7.94. The van der Waals surface area contributed by atoms with Crippen molar-refractivity contribution in [1.82, 2.24) is 4.98 Å². The Bertz CT molecular complexity index is 374. The number of phenols is 1. The van der Waals surface area contributed by atoms with Crippen molar-refractivity contribution in [2.75, 3.05) is 0 Å². The fourth-order valence-corrected chi connectivity index (χ4v) is 1.27. The highest BCUT2D eigenvalue weighted by Gasteiger charge is 1.97. The first-order valence-electron chi connectivity index (χ1n) is 4.48. The average molecular weight is 185 g/mol. The molecule has 2 rings (SSSR count). The second kappa shape index (κ2) is 3.50. The third kappa shape index (κ3) is 1.74. The van der Waals surface area contributed by atoms with Crippen molar-refractivity contribution in [1.29, 1.82) is 0 Å². The summed E-state index contributed by atoms with van der Waals surface area (Å²) in [6, 6.07) is 11.0. The molecular weight excluding hydrogens is 174 g/mol. The number of aromatic nitrogens is 1. The summed E-state index contributed by atoms with van der Waals surface area (Å²) in [5.74, 6) is 0.279. The van der Waals surface area contributed by atoms with Crippen LogP contribution in [0.2, 0.25) is 0 Å². The van der Waals surface area contributed by atoms with Gasteiger partial charge in [0.1, 0.15) is 5.75 Å². The van der Waals surface area contributed by atoms with Gasteiger partial charge in [-0.25, -0.2) is 0 Å². The quantitative estimate of drug-likeness (QED) is 0.741. The predicted molar refractivity (Wildman–Crippen MR) is 56.1 cm³/mol. The number of hydrogen-bond acceptors (Lipinski definition) is 2. The standard InChI is InChI=1S/C12H11NO/c1-9-2-7-12(13-8-9)10-3-5-11(14)6-4-10/h2-8,14H,1H3. The van der Waals surface area contributed by atoms with Crippen LogP contribution >= 0.6 is 0 Å². The summed E-state index contributed by atoms with van der Waals surface area (Å²) in [5, 5.41) is 9.13. The normalized spacial score (nSPS) is 10.1. The van der Waals surface area contributed by atoms with Crippen LogP contribution in [-0.2, 0) is 0 Å². The Morgan fingerprint density at radius 3 is 2.29 bits per heavy atom. The number of benzene rings is 1. The van der Waals surface area contributed by atoms with Crippen LogP contribution in [-0.4, -0.2) is 10.1 Å². The van der Waals surface area contributed by atoms with E-state index >= 15 is 0 Å². The molecule has 1 aromatic heterocycles. The topological polar surface area (TPSA) is 33.1 Å². The first-order chi connectivity index (χ1) is 6.75. The van der Waals surface area contributed by atoms with Crippen molar-refractivity contribution in [3.8, 4) is 17.0 Å². The highest BCUT2D eigenvalue weighted by molar-refractivity contribution is 5.59. The molecular formula is C12H11NO. The Hall–Kier alpha value is -1.83. The number of rotatable bonds is 1. The first-order valence-corrected chi connectivity index (χ1v) is 4.48. The molecule has 1 heterocycles. The van der Waals surface area contributed by atoms with Gasteiger partial charge in [0, 0.05) is 11.8 Å². The van der Waals surface area contributed by atoms with Crippen molar-refractivity contribution in [3.63, 3.8) is 0 Å². The summed E-state index contributed by atoms with van der Waals surface area (Å²) in [6.45, 7) is 2.01. The van der Waals surface area contributed by atoms with E-state index in [-0.39, 0.29) is 5.75 Å². The molecule has 70 valence electrons. The minimum atomic E-state index is 0.279. The lowest BCUT2D eigenvalue weighted by atomic mass is 10.1. The van der Waals surface area contributed by atoms with E-state index in [1.165, 1.54) is 0 Å². The third-order valence-electron chi connectivity index (χ3n) is 2.07. The zero-order chi connectivity index (χ0) is 9.97. The molecule has 1 aromatic carbocycles. The van der Waals surface area contributed by atoms with Gasteiger partial charge in [-0.3, -0.25) is 4.98 Å². The Kier molecular flexibility index (Phi) is 2.19. The highest BCUT2D eigenvalue weighted by Crippen LogP contribution is 2.19. The maximum Gasteiger partial charge on any atom is 0.115 e. The monoisotopic (exact) mass is 185 g/mol. The Morgan fingerprint density at radius 1 is 1.00 bits per heavy atom. The summed E-state index contributed by atoms with van der Waals surface area (Å²) in [4.78, 5) is 4.30. The number of aryl methyl sites for hydroxylation is 1. The number of nitrogens with zero attached hydrogens (tertiary/aromatic N) is 1. The Labute approximate surface area is 82.9 Å². The van der Waals surface area contributed by atoms with E-state index in [1.807, 2.05) is 37.4 Å². The Balaban J connectivity index is 2.40. The maximum atomic E-state index is 9.13. The Morgan fingerprint density at radius 2 is 1.71 bits per heavy atom. The molecule has 0 spiro atoms. The smallest absolute Gasteiger partial charge is 0.115 e. The number of pyridine rings is 1. The molecule has 0 saturated heterocycles. The fourth-order valence-electron chi connectivity index (χ4n) is 1.27. The molecule has 0 aliphatic rings. The molecule has 0 amide bonds. The molecule has 1 N–H and O–H groups in total. The summed E-state index contributed by atoms with van der Waals surface area (Å²) in [7, 11) is 0. The summed E-state index contributed by atoms with van der Waals surface area (Å²) in [6.07, 6.45) is 1.84. The van der Waals surface area contributed by atoms with Crippen LogP contribution in [0.1, 0.15) is 5.56 Å². The average Bonchev–Trinajstić information content (AvgIpc) is 2.21. The van der Waals surface area contributed by atoms with E-state index in [9.17, 15) is 0 Å². The predicted octanol–water partition coefficient (Wildman–Crippen LogP) is 2.76. The lowest BCUT2D eigenvalue weighted by molar-refractivity contribution is 0.475. The first kappa shape index (κ1) is 8.75. The summed E-state index contributed by atoms with van der Waals surface area (Å²) >= 11 is 0. The fraction of sp³-hybridized carbons (Fsp3) is 0.0833. The van der Waals surface area contributed by atoms with Crippen LogP contribution in [0.15, 0.2) is 42.6 Å². The molecule has 14 heavy (non-hydrogen) atoms. The van der Waals surface area contributed by atoms with Gasteiger partial charge < -0.3 is 5.11 Å². The number of hydrogen-bond donors (Lipinski definition) is 1. The van der Waals surface area contributed by atoms with Crippen molar-refractivity contribution in [3.05, 3.63) is 48.2 Å². The molecule has 0 saturated carbocycles. The van der Waals surface area contributed by atoms with Crippen molar-refractivity contribution in [2.45, 2.75) is 6.92 Å². The number of aromatic hydroxyl groups is 1.